The second kappa shape index (κ2) is 3.24. The fourth-order valence-electron chi connectivity index (χ4n) is 0.967. The van der Waals surface area contributed by atoms with Gasteiger partial charge in [-0.1, -0.05) is 0 Å². The minimum Gasteiger partial charge on any atom is -0.508 e. The highest BCUT2D eigenvalue weighted by molar-refractivity contribution is 5.28. The summed E-state index contributed by atoms with van der Waals surface area (Å²) in [6.45, 7) is 0. The zero-order valence-electron chi connectivity index (χ0n) is 6.40. The molecule has 1 aromatic carbocycles. The third kappa shape index (κ3) is 3.31. The van der Waals surface area contributed by atoms with Crippen LogP contribution in [0.1, 0.15) is 5.56 Å². The van der Waals surface area contributed by atoms with Gasteiger partial charge in [-0.2, -0.15) is 13.2 Å². The van der Waals surface area contributed by atoms with E-state index in [0.29, 0.717) is 0 Å². The molecule has 0 saturated heterocycles. The highest BCUT2D eigenvalue weighted by atomic mass is 19.4. The van der Waals surface area contributed by atoms with Gasteiger partial charge in [-0.05, 0) is 17.7 Å². The summed E-state index contributed by atoms with van der Waals surface area (Å²) in [4.78, 5) is 0. The number of aromatic hydroxyl groups is 1. The molecule has 1 nitrogen and oxygen atoms in total. The maximum atomic E-state index is 12.5. The van der Waals surface area contributed by atoms with E-state index < -0.39 is 24.2 Å². The van der Waals surface area contributed by atoms with Crippen LogP contribution < -0.4 is 0 Å². The maximum absolute atomic E-state index is 12.5. The average molecular weight is 194 g/mol. The molecule has 1 aromatic rings. The normalized spacial score (nSPS) is 11.7. The summed E-state index contributed by atoms with van der Waals surface area (Å²) < 4.78 is 47.9. The average Bonchev–Trinajstić information content (AvgIpc) is 1.78. The largest absolute Gasteiger partial charge is 0.508 e. The number of alkyl halides is 3. The second-order valence-corrected chi connectivity index (χ2v) is 2.61. The number of hydrogen-bond donors (Lipinski definition) is 1. The Morgan fingerprint density at radius 3 is 2.23 bits per heavy atom. The van der Waals surface area contributed by atoms with Crippen molar-refractivity contribution in [2.45, 2.75) is 12.6 Å². The third-order valence-electron chi connectivity index (χ3n) is 1.35. The summed E-state index contributed by atoms with van der Waals surface area (Å²) in [7, 11) is 0. The lowest BCUT2D eigenvalue weighted by Crippen LogP contribution is -2.11. The highest BCUT2D eigenvalue weighted by Crippen LogP contribution is 2.24. The van der Waals surface area contributed by atoms with Gasteiger partial charge in [0.25, 0.3) is 0 Å². The Kier molecular flexibility index (Phi) is 2.45. The van der Waals surface area contributed by atoms with Gasteiger partial charge in [-0.25, -0.2) is 4.39 Å². The Morgan fingerprint density at radius 1 is 1.15 bits per heavy atom. The van der Waals surface area contributed by atoms with Gasteiger partial charge in [0, 0.05) is 6.07 Å². The zero-order valence-corrected chi connectivity index (χ0v) is 6.40. The van der Waals surface area contributed by atoms with Crippen LogP contribution in [0.3, 0.4) is 0 Å². The summed E-state index contributed by atoms with van der Waals surface area (Å²) in [6.07, 6.45) is -5.63. The maximum Gasteiger partial charge on any atom is 0.393 e. The molecule has 0 aliphatic rings. The minimum atomic E-state index is -4.39. The molecular formula is C8H6F4O. The van der Waals surface area contributed by atoms with Crippen molar-refractivity contribution in [1.29, 1.82) is 0 Å². The van der Waals surface area contributed by atoms with Crippen LogP contribution in [0.2, 0.25) is 0 Å². The summed E-state index contributed by atoms with van der Waals surface area (Å²) in [5.74, 6) is -1.38. The van der Waals surface area contributed by atoms with E-state index >= 15 is 0 Å². The van der Waals surface area contributed by atoms with Crippen LogP contribution in [0.25, 0.3) is 0 Å². The van der Waals surface area contributed by atoms with Gasteiger partial charge < -0.3 is 5.11 Å². The van der Waals surface area contributed by atoms with Crippen LogP contribution in [0.4, 0.5) is 17.6 Å². The van der Waals surface area contributed by atoms with E-state index in [9.17, 15) is 17.6 Å². The molecule has 0 amide bonds. The van der Waals surface area contributed by atoms with Crippen molar-refractivity contribution in [2.75, 3.05) is 0 Å². The van der Waals surface area contributed by atoms with Gasteiger partial charge in [0.1, 0.15) is 11.6 Å². The van der Waals surface area contributed by atoms with Crippen molar-refractivity contribution < 1.29 is 22.7 Å². The van der Waals surface area contributed by atoms with Gasteiger partial charge in [0.15, 0.2) is 0 Å². The summed E-state index contributed by atoms with van der Waals surface area (Å²) >= 11 is 0. The molecule has 0 saturated carbocycles. The van der Waals surface area contributed by atoms with Crippen molar-refractivity contribution in [3.8, 4) is 5.75 Å². The lowest BCUT2D eigenvalue weighted by atomic mass is 10.1. The summed E-state index contributed by atoms with van der Waals surface area (Å²) in [5, 5.41) is 8.78. The van der Waals surface area contributed by atoms with Gasteiger partial charge in [0.05, 0.1) is 6.42 Å². The van der Waals surface area contributed by atoms with Crippen LogP contribution in [0, 0.1) is 5.82 Å². The highest BCUT2D eigenvalue weighted by Gasteiger charge is 2.27. The standard InChI is InChI=1S/C8H6F4O/c9-6-1-5(2-7(13)3-6)4-8(10,11)12/h1-3,13H,4H2. The number of halogens is 4. The fourth-order valence-corrected chi connectivity index (χ4v) is 0.967. The van der Waals surface area contributed by atoms with Gasteiger partial charge in [-0.15, -0.1) is 0 Å². The molecule has 0 aliphatic heterocycles. The van der Waals surface area contributed by atoms with Crippen LogP contribution in [0.5, 0.6) is 5.75 Å². The molecular weight excluding hydrogens is 188 g/mol. The molecule has 0 radical (unpaired) electrons. The Balaban J connectivity index is 2.90. The first-order chi connectivity index (χ1) is 5.87. The molecule has 1 rings (SSSR count). The van der Waals surface area contributed by atoms with Crippen molar-refractivity contribution in [1.82, 2.24) is 0 Å². The Hall–Kier alpha value is -1.26. The van der Waals surface area contributed by atoms with E-state index in [1.165, 1.54) is 0 Å². The van der Waals surface area contributed by atoms with Crippen molar-refractivity contribution in [3.63, 3.8) is 0 Å². The first-order valence-electron chi connectivity index (χ1n) is 3.42. The zero-order chi connectivity index (χ0) is 10.1. The molecule has 0 spiro atoms. The van der Waals surface area contributed by atoms with Crippen molar-refractivity contribution in [2.24, 2.45) is 0 Å². The van der Waals surface area contributed by atoms with Crippen molar-refractivity contribution >= 4 is 0 Å². The van der Waals surface area contributed by atoms with Crippen LogP contribution in [-0.2, 0) is 6.42 Å². The second-order valence-electron chi connectivity index (χ2n) is 2.61. The molecule has 0 unspecified atom stereocenters. The molecule has 0 bridgehead atoms. The predicted molar refractivity (Wildman–Crippen MR) is 37.8 cm³/mol. The molecule has 0 aliphatic carbocycles. The van der Waals surface area contributed by atoms with Crippen LogP contribution in [0.15, 0.2) is 18.2 Å². The monoisotopic (exact) mass is 194 g/mol. The Labute approximate surface area is 71.6 Å². The van der Waals surface area contributed by atoms with E-state index in [0.717, 1.165) is 18.2 Å². The lowest BCUT2D eigenvalue weighted by Gasteiger charge is -2.06. The quantitative estimate of drug-likeness (QED) is 0.681. The topological polar surface area (TPSA) is 20.2 Å². The first kappa shape index (κ1) is 9.83. The fraction of sp³-hybridized carbons (Fsp3) is 0.250. The van der Waals surface area contributed by atoms with Gasteiger partial charge in [-0.3, -0.25) is 0 Å². The summed E-state index contributed by atoms with van der Waals surface area (Å²) in [5.41, 5.74) is -0.287. The molecule has 0 aromatic heterocycles. The Bertz CT molecular complexity index is 285. The SMILES string of the molecule is Oc1cc(F)cc(CC(F)(F)F)c1. The van der Waals surface area contributed by atoms with Gasteiger partial charge >= 0.3 is 6.18 Å². The molecule has 13 heavy (non-hydrogen) atoms. The van der Waals surface area contributed by atoms with Gasteiger partial charge in [0.2, 0.25) is 0 Å². The number of phenols is 1. The molecule has 0 fully saturated rings. The van der Waals surface area contributed by atoms with E-state index in [1.807, 2.05) is 0 Å². The third-order valence-corrected chi connectivity index (χ3v) is 1.35. The number of phenolic OH excluding ortho intramolecular Hbond substituents is 1. The summed E-state index contributed by atoms with van der Waals surface area (Å²) in [6, 6.07) is 2.38. The van der Waals surface area contributed by atoms with E-state index in [2.05, 4.69) is 0 Å². The van der Waals surface area contributed by atoms with Crippen LogP contribution in [-0.4, -0.2) is 11.3 Å². The number of benzene rings is 1. The van der Waals surface area contributed by atoms with E-state index in [-0.39, 0.29) is 5.56 Å². The van der Waals surface area contributed by atoms with E-state index in [4.69, 9.17) is 5.11 Å². The predicted octanol–water partition coefficient (Wildman–Crippen LogP) is 2.64. The molecule has 0 atom stereocenters. The van der Waals surface area contributed by atoms with Crippen molar-refractivity contribution in [3.05, 3.63) is 29.6 Å². The Morgan fingerprint density at radius 2 is 1.77 bits per heavy atom. The molecule has 5 heteroatoms. The molecule has 1 N–H and O–H groups in total. The number of hydrogen-bond acceptors (Lipinski definition) is 1. The van der Waals surface area contributed by atoms with E-state index in [1.54, 1.807) is 0 Å². The lowest BCUT2D eigenvalue weighted by molar-refractivity contribution is -0.127. The molecule has 72 valence electrons. The van der Waals surface area contributed by atoms with Crippen LogP contribution >= 0.6 is 0 Å². The molecule has 0 heterocycles. The number of rotatable bonds is 1. The smallest absolute Gasteiger partial charge is 0.393 e. The first-order valence-corrected chi connectivity index (χ1v) is 3.42. The minimum absolute atomic E-state index is 0.287.